The second-order valence-electron chi connectivity index (χ2n) is 1.86. The van der Waals surface area contributed by atoms with Crippen LogP contribution in [-0.2, 0) is 0 Å². The van der Waals surface area contributed by atoms with Gasteiger partial charge in [0.1, 0.15) is 0 Å². The quantitative estimate of drug-likeness (QED) is 0.498. The molecule has 0 radical (unpaired) electrons. The monoisotopic (exact) mass is 134 g/mol. The molecule has 2 heteroatoms. The van der Waals surface area contributed by atoms with E-state index < -0.39 is 0 Å². The van der Waals surface area contributed by atoms with E-state index >= 15 is 0 Å². The van der Waals surface area contributed by atoms with Gasteiger partial charge < -0.3 is 0 Å². The predicted molar refractivity (Wildman–Crippen MR) is 39.0 cm³/mol. The van der Waals surface area contributed by atoms with Crippen LogP contribution in [0, 0.1) is 0 Å². The van der Waals surface area contributed by atoms with E-state index in [1.807, 2.05) is 0 Å². The van der Waals surface area contributed by atoms with Crippen molar-refractivity contribution in [1.82, 2.24) is 0 Å². The molecule has 0 aliphatic carbocycles. The highest BCUT2D eigenvalue weighted by molar-refractivity contribution is 8.19. The summed E-state index contributed by atoms with van der Waals surface area (Å²) in [4.78, 5) is 0. The van der Waals surface area contributed by atoms with Crippen molar-refractivity contribution in [1.29, 1.82) is 0 Å². The van der Waals surface area contributed by atoms with E-state index in [1.165, 1.54) is 5.08 Å². The van der Waals surface area contributed by atoms with Gasteiger partial charge in [-0.25, -0.2) is 0 Å². The van der Waals surface area contributed by atoms with Gasteiger partial charge in [-0.1, -0.05) is 13.8 Å². The summed E-state index contributed by atoms with van der Waals surface area (Å²) in [7, 11) is 0. The lowest BCUT2D eigenvalue weighted by Gasteiger charge is -2.02. The Morgan fingerprint density at radius 2 is 1.57 bits per heavy atom. The molecule has 1 saturated heterocycles. The molecule has 7 heavy (non-hydrogen) atoms. The maximum Gasteiger partial charge on any atom is 0.0398 e. The summed E-state index contributed by atoms with van der Waals surface area (Å²) < 4.78 is 0. The molecule has 1 aliphatic heterocycles. The lowest BCUT2D eigenvalue weighted by Crippen LogP contribution is -2.04. The summed E-state index contributed by atoms with van der Waals surface area (Å²) in [6.07, 6.45) is 0. The molecule has 0 saturated carbocycles. The molecule has 1 heterocycles. The minimum Gasteiger partial charge on any atom is -0.147 e. The minimum atomic E-state index is 0.894. The number of thioether (sulfide) groups is 2. The van der Waals surface area contributed by atoms with Crippen LogP contribution in [0.4, 0.5) is 0 Å². The Labute approximate surface area is 53.4 Å². The van der Waals surface area contributed by atoms with Gasteiger partial charge in [0.15, 0.2) is 0 Å². The Balaban J connectivity index is 2.33. The van der Waals surface area contributed by atoms with Gasteiger partial charge in [-0.2, -0.15) is 0 Å². The Kier molecular flexibility index (Phi) is 1.93. The topological polar surface area (TPSA) is 0 Å². The van der Waals surface area contributed by atoms with E-state index in [2.05, 4.69) is 37.4 Å². The standard InChI is InChI=1S/C5H10S2/c1-4-5(2)7-3-6-4/h4-5H,3H2,1-2H3/t4-,5-/m1/s1. The summed E-state index contributed by atoms with van der Waals surface area (Å²) in [6.45, 7) is 4.60. The van der Waals surface area contributed by atoms with Gasteiger partial charge >= 0.3 is 0 Å². The summed E-state index contributed by atoms with van der Waals surface area (Å²) >= 11 is 4.14. The fraction of sp³-hybridized carbons (Fsp3) is 1.00. The summed E-state index contributed by atoms with van der Waals surface area (Å²) in [5, 5.41) is 3.09. The van der Waals surface area contributed by atoms with Crippen LogP contribution >= 0.6 is 23.5 Å². The van der Waals surface area contributed by atoms with Crippen molar-refractivity contribution in [2.75, 3.05) is 5.08 Å². The van der Waals surface area contributed by atoms with Crippen LogP contribution in [0.1, 0.15) is 13.8 Å². The summed E-state index contributed by atoms with van der Waals surface area (Å²) in [5.41, 5.74) is 0. The van der Waals surface area contributed by atoms with E-state index in [4.69, 9.17) is 0 Å². The van der Waals surface area contributed by atoms with Crippen LogP contribution < -0.4 is 0 Å². The number of rotatable bonds is 0. The molecule has 0 aromatic rings. The molecular weight excluding hydrogens is 124 g/mol. The smallest absolute Gasteiger partial charge is 0.0398 e. The van der Waals surface area contributed by atoms with Gasteiger partial charge in [0, 0.05) is 15.6 Å². The molecule has 0 nitrogen and oxygen atoms in total. The molecule has 2 atom stereocenters. The SMILES string of the molecule is C[C@H]1SCS[C@@H]1C. The van der Waals surface area contributed by atoms with Gasteiger partial charge in [0.05, 0.1) is 0 Å². The van der Waals surface area contributed by atoms with Crippen LogP contribution in [-0.4, -0.2) is 15.6 Å². The first kappa shape index (κ1) is 5.83. The van der Waals surface area contributed by atoms with Crippen molar-refractivity contribution >= 4 is 23.5 Å². The second kappa shape index (κ2) is 2.31. The third-order valence-electron chi connectivity index (χ3n) is 1.32. The van der Waals surface area contributed by atoms with E-state index in [0.717, 1.165) is 10.5 Å². The van der Waals surface area contributed by atoms with Gasteiger partial charge in [-0.3, -0.25) is 0 Å². The molecule has 0 aromatic carbocycles. The maximum atomic E-state index is 2.30. The summed E-state index contributed by atoms with van der Waals surface area (Å²) in [6, 6.07) is 0. The fourth-order valence-corrected chi connectivity index (χ4v) is 3.57. The Bertz CT molecular complexity index is 55.1. The Morgan fingerprint density at radius 1 is 1.14 bits per heavy atom. The van der Waals surface area contributed by atoms with Crippen molar-refractivity contribution in [3.8, 4) is 0 Å². The fourth-order valence-electron chi connectivity index (χ4n) is 0.525. The van der Waals surface area contributed by atoms with Crippen molar-refractivity contribution < 1.29 is 0 Å². The lowest BCUT2D eigenvalue weighted by molar-refractivity contribution is 0.941. The molecule has 0 spiro atoms. The second-order valence-corrected chi connectivity index (χ2v) is 4.96. The molecule has 1 fully saturated rings. The van der Waals surface area contributed by atoms with Crippen molar-refractivity contribution in [3.05, 3.63) is 0 Å². The highest BCUT2D eigenvalue weighted by Crippen LogP contribution is 2.35. The van der Waals surface area contributed by atoms with E-state index in [1.54, 1.807) is 0 Å². The van der Waals surface area contributed by atoms with Crippen LogP contribution in [0.15, 0.2) is 0 Å². The number of hydrogen-bond donors (Lipinski definition) is 0. The minimum absolute atomic E-state index is 0.894. The highest BCUT2D eigenvalue weighted by Gasteiger charge is 2.18. The molecule has 1 aliphatic rings. The van der Waals surface area contributed by atoms with Crippen LogP contribution in [0.3, 0.4) is 0 Å². The highest BCUT2D eigenvalue weighted by atomic mass is 32.2. The Morgan fingerprint density at radius 3 is 1.71 bits per heavy atom. The summed E-state index contributed by atoms with van der Waals surface area (Å²) in [5.74, 6) is 0. The van der Waals surface area contributed by atoms with Gasteiger partial charge in [0.25, 0.3) is 0 Å². The van der Waals surface area contributed by atoms with Crippen LogP contribution in [0.25, 0.3) is 0 Å². The average molecular weight is 134 g/mol. The molecule has 0 bridgehead atoms. The van der Waals surface area contributed by atoms with Gasteiger partial charge in [-0.15, -0.1) is 23.5 Å². The predicted octanol–water partition coefficient (Wildman–Crippen LogP) is 2.20. The average Bonchev–Trinajstić information content (AvgIpc) is 1.91. The number of hydrogen-bond acceptors (Lipinski definition) is 2. The third kappa shape index (κ3) is 1.29. The first-order valence-electron chi connectivity index (χ1n) is 2.54. The molecule has 42 valence electrons. The third-order valence-corrected chi connectivity index (χ3v) is 4.45. The normalized spacial score (nSPS) is 42.0. The van der Waals surface area contributed by atoms with E-state index in [-0.39, 0.29) is 0 Å². The largest absolute Gasteiger partial charge is 0.147 e. The zero-order valence-corrected chi connectivity index (χ0v) is 6.31. The molecular formula is C5H10S2. The maximum absolute atomic E-state index is 2.30. The zero-order chi connectivity index (χ0) is 5.28. The lowest BCUT2D eigenvalue weighted by atomic mass is 10.4. The van der Waals surface area contributed by atoms with Crippen molar-refractivity contribution in [2.45, 2.75) is 24.3 Å². The molecule has 1 rings (SSSR count). The van der Waals surface area contributed by atoms with Crippen LogP contribution in [0.5, 0.6) is 0 Å². The Hall–Kier alpha value is 0.700. The van der Waals surface area contributed by atoms with E-state index in [9.17, 15) is 0 Å². The molecule has 0 N–H and O–H groups in total. The van der Waals surface area contributed by atoms with E-state index in [0.29, 0.717) is 0 Å². The molecule has 0 unspecified atom stereocenters. The first-order chi connectivity index (χ1) is 3.30. The molecule has 0 aromatic heterocycles. The van der Waals surface area contributed by atoms with Gasteiger partial charge in [-0.05, 0) is 0 Å². The van der Waals surface area contributed by atoms with Crippen LogP contribution in [0.2, 0.25) is 0 Å². The first-order valence-corrected chi connectivity index (χ1v) is 4.63. The molecule has 0 amide bonds. The van der Waals surface area contributed by atoms with Crippen molar-refractivity contribution in [3.63, 3.8) is 0 Å². The zero-order valence-electron chi connectivity index (χ0n) is 4.68. The van der Waals surface area contributed by atoms with Crippen molar-refractivity contribution in [2.24, 2.45) is 0 Å². The van der Waals surface area contributed by atoms with Gasteiger partial charge in [0.2, 0.25) is 0 Å².